The quantitative estimate of drug-likeness (QED) is 0.657. The first-order chi connectivity index (χ1) is 7.00. The van der Waals surface area contributed by atoms with Crippen LogP contribution in [0, 0.1) is 6.92 Å². The number of anilines is 1. The van der Waals surface area contributed by atoms with Gasteiger partial charge in [-0.05, 0) is 12.5 Å². The van der Waals surface area contributed by atoms with Crippen LogP contribution in [-0.4, -0.2) is 21.0 Å². The molecule has 0 unspecified atom stereocenters. The number of hydrogen-bond donors (Lipinski definition) is 3. The van der Waals surface area contributed by atoms with Gasteiger partial charge in [-0.2, -0.15) is 4.98 Å². The van der Waals surface area contributed by atoms with Crippen molar-refractivity contribution in [2.45, 2.75) is 6.92 Å². The van der Waals surface area contributed by atoms with Crippen molar-refractivity contribution >= 4 is 33.3 Å². The molecule has 2 aromatic heterocycles. The summed E-state index contributed by atoms with van der Waals surface area (Å²) >= 11 is 0.985. The predicted octanol–water partition coefficient (Wildman–Crippen LogP) is 0.573. The molecule has 0 bridgehead atoms. The van der Waals surface area contributed by atoms with E-state index in [1.54, 1.807) is 6.92 Å². The highest BCUT2D eigenvalue weighted by Crippen LogP contribution is 2.30. The lowest BCUT2D eigenvalue weighted by Gasteiger charge is -1.95. The summed E-state index contributed by atoms with van der Waals surface area (Å²) in [4.78, 5) is 28.4. The van der Waals surface area contributed by atoms with Crippen molar-refractivity contribution < 1.29 is 9.90 Å². The summed E-state index contributed by atoms with van der Waals surface area (Å²) in [5.41, 5.74) is 5.51. The molecule has 78 valence electrons. The van der Waals surface area contributed by atoms with Crippen molar-refractivity contribution in [3.05, 3.63) is 20.9 Å². The lowest BCUT2D eigenvalue weighted by Crippen LogP contribution is -2.11. The molecule has 15 heavy (non-hydrogen) atoms. The molecule has 0 spiro atoms. The monoisotopic (exact) mass is 225 g/mol. The average Bonchev–Trinajstić information content (AvgIpc) is 2.42. The summed E-state index contributed by atoms with van der Waals surface area (Å²) in [5, 5.41) is 9.40. The van der Waals surface area contributed by atoms with E-state index < -0.39 is 11.7 Å². The molecule has 0 fully saturated rings. The third-order valence-corrected chi connectivity index (χ3v) is 3.23. The Labute approximate surface area is 87.4 Å². The second-order valence-electron chi connectivity index (χ2n) is 2.99. The second-order valence-corrected chi connectivity index (χ2v) is 4.01. The highest BCUT2D eigenvalue weighted by molar-refractivity contribution is 7.20. The van der Waals surface area contributed by atoms with Gasteiger partial charge in [-0.25, -0.2) is 9.59 Å². The number of thiophene rings is 1. The Bertz CT molecular complexity index is 613. The minimum atomic E-state index is -1.03. The maximum Gasteiger partial charge on any atom is 0.347 e. The highest BCUT2D eigenvalue weighted by atomic mass is 32.1. The first-order valence-electron chi connectivity index (χ1n) is 4.03. The molecule has 4 N–H and O–H groups in total. The second kappa shape index (κ2) is 3.06. The number of aryl methyl sites for hydroxylation is 1. The lowest BCUT2D eigenvalue weighted by atomic mass is 10.2. The van der Waals surface area contributed by atoms with Gasteiger partial charge in [0.25, 0.3) is 0 Å². The minimum absolute atomic E-state index is 0.0648. The number of carbonyl (C=O) groups is 1. The number of aromatic carboxylic acids is 1. The number of rotatable bonds is 1. The van der Waals surface area contributed by atoms with Crippen molar-refractivity contribution in [3.63, 3.8) is 0 Å². The van der Waals surface area contributed by atoms with Crippen LogP contribution >= 0.6 is 11.3 Å². The van der Waals surface area contributed by atoms with Crippen LogP contribution in [0.2, 0.25) is 0 Å². The van der Waals surface area contributed by atoms with Crippen LogP contribution in [0.1, 0.15) is 15.2 Å². The van der Waals surface area contributed by atoms with Crippen molar-refractivity contribution in [2.75, 3.05) is 5.73 Å². The molecule has 2 aromatic rings. The minimum Gasteiger partial charge on any atom is -0.477 e. The Morgan fingerprint density at radius 3 is 2.87 bits per heavy atom. The fraction of sp³-hybridized carbons (Fsp3) is 0.125. The number of H-pyrrole nitrogens is 1. The summed E-state index contributed by atoms with van der Waals surface area (Å²) < 4.78 is 0. The number of carboxylic acids is 1. The van der Waals surface area contributed by atoms with Gasteiger partial charge in [-0.3, -0.25) is 4.98 Å². The van der Waals surface area contributed by atoms with Crippen LogP contribution < -0.4 is 11.4 Å². The van der Waals surface area contributed by atoms with Gasteiger partial charge in [0.1, 0.15) is 15.5 Å². The van der Waals surface area contributed by atoms with E-state index in [0.717, 1.165) is 11.3 Å². The molecule has 7 heteroatoms. The van der Waals surface area contributed by atoms with Gasteiger partial charge >= 0.3 is 11.7 Å². The Balaban J connectivity index is 2.94. The molecule has 0 aliphatic carbocycles. The number of aromatic nitrogens is 2. The molecule has 0 saturated heterocycles. The van der Waals surface area contributed by atoms with Crippen molar-refractivity contribution in [3.8, 4) is 0 Å². The molecule has 0 radical (unpaired) electrons. The van der Waals surface area contributed by atoms with Crippen molar-refractivity contribution in [1.82, 2.24) is 9.97 Å². The molecule has 0 amide bonds. The summed E-state index contributed by atoms with van der Waals surface area (Å²) in [6.45, 7) is 1.64. The third-order valence-electron chi connectivity index (χ3n) is 2.04. The Morgan fingerprint density at radius 1 is 1.60 bits per heavy atom. The lowest BCUT2D eigenvalue weighted by molar-refractivity contribution is 0.0701. The molecule has 2 rings (SSSR count). The van der Waals surface area contributed by atoms with E-state index in [1.807, 2.05) is 0 Å². The number of aromatic amines is 1. The van der Waals surface area contributed by atoms with Gasteiger partial charge in [-0.1, -0.05) is 0 Å². The van der Waals surface area contributed by atoms with Gasteiger partial charge in [0.2, 0.25) is 0 Å². The van der Waals surface area contributed by atoms with Crippen LogP contribution in [0.3, 0.4) is 0 Å². The van der Waals surface area contributed by atoms with E-state index in [1.165, 1.54) is 0 Å². The Morgan fingerprint density at radius 2 is 2.27 bits per heavy atom. The van der Waals surface area contributed by atoms with E-state index in [4.69, 9.17) is 10.8 Å². The normalized spacial score (nSPS) is 10.7. The molecule has 2 heterocycles. The molecule has 0 atom stereocenters. The fourth-order valence-electron chi connectivity index (χ4n) is 1.40. The van der Waals surface area contributed by atoms with Gasteiger partial charge in [0.05, 0.1) is 5.39 Å². The smallest absolute Gasteiger partial charge is 0.347 e. The van der Waals surface area contributed by atoms with Crippen molar-refractivity contribution in [1.29, 1.82) is 0 Å². The standard InChI is InChI=1S/C8H7N3O3S/c1-2-3-5(9)10-8(14)11-6(3)15-4(2)7(12)13/h1H3,(H,12,13)(H3,9,10,11,14). The zero-order chi connectivity index (χ0) is 11.2. The SMILES string of the molecule is Cc1c(C(=O)O)sc2[nH]c(=O)nc(N)c12. The summed E-state index contributed by atoms with van der Waals surface area (Å²) in [6.07, 6.45) is 0. The number of nitrogens with two attached hydrogens (primary N) is 1. The highest BCUT2D eigenvalue weighted by Gasteiger charge is 2.17. The molecular weight excluding hydrogens is 218 g/mol. The van der Waals surface area contributed by atoms with E-state index in [9.17, 15) is 9.59 Å². The molecule has 0 aliphatic heterocycles. The van der Waals surface area contributed by atoms with Gasteiger partial charge in [0, 0.05) is 0 Å². The maximum atomic E-state index is 11.0. The summed E-state index contributed by atoms with van der Waals surface area (Å²) in [5.74, 6) is -0.969. The zero-order valence-electron chi connectivity index (χ0n) is 7.70. The Kier molecular flexibility index (Phi) is 1.97. The van der Waals surface area contributed by atoms with Crippen LogP contribution in [0.5, 0.6) is 0 Å². The third kappa shape index (κ3) is 1.37. The van der Waals surface area contributed by atoms with E-state index in [2.05, 4.69) is 9.97 Å². The number of carboxylic acid groups (broad SMARTS) is 1. The molecular formula is C8H7N3O3S. The molecule has 0 aliphatic rings. The van der Waals surface area contributed by atoms with E-state index >= 15 is 0 Å². The predicted molar refractivity (Wildman–Crippen MR) is 56.3 cm³/mol. The number of nitrogens with zero attached hydrogens (tertiary/aromatic N) is 1. The summed E-state index contributed by atoms with van der Waals surface area (Å²) in [7, 11) is 0. The van der Waals surface area contributed by atoms with Crippen LogP contribution in [0.15, 0.2) is 4.79 Å². The first-order valence-corrected chi connectivity index (χ1v) is 4.84. The fourth-order valence-corrected chi connectivity index (χ4v) is 2.45. The first kappa shape index (κ1) is 9.66. The van der Waals surface area contributed by atoms with Crippen molar-refractivity contribution in [2.24, 2.45) is 0 Å². The van der Waals surface area contributed by atoms with Gasteiger partial charge < -0.3 is 10.8 Å². The topological polar surface area (TPSA) is 109 Å². The molecule has 6 nitrogen and oxygen atoms in total. The van der Waals surface area contributed by atoms with Gasteiger partial charge in [-0.15, -0.1) is 11.3 Å². The van der Waals surface area contributed by atoms with Crippen LogP contribution in [0.25, 0.3) is 10.2 Å². The zero-order valence-corrected chi connectivity index (χ0v) is 8.51. The van der Waals surface area contributed by atoms with Crippen LogP contribution in [0.4, 0.5) is 5.82 Å². The number of nitrogen functional groups attached to an aromatic ring is 1. The Hall–Kier alpha value is -1.89. The van der Waals surface area contributed by atoms with E-state index in [0.29, 0.717) is 15.8 Å². The largest absolute Gasteiger partial charge is 0.477 e. The summed E-state index contributed by atoms with van der Waals surface area (Å²) in [6, 6.07) is 0. The average molecular weight is 225 g/mol. The van der Waals surface area contributed by atoms with E-state index in [-0.39, 0.29) is 10.7 Å². The number of nitrogens with one attached hydrogen (secondary N) is 1. The van der Waals surface area contributed by atoms with Gasteiger partial charge in [0.15, 0.2) is 0 Å². The molecule has 0 saturated carbocycles. The van der Waals surface area contributed by atoms with Crippen LogP contribution in [-0.2, 0) is 0 Å². The maximum absolute atomic E-state index is 11.0. The number of hydrogen-bond acceptors (Lipinski definition) is 5. The molecule has 0 aromatic carbocycles. The number of fused-ring (bicyclic) bond motifs is 1.